The van der Waals surface area contributed by atoms with Crippen molar-refractivity contribution in [1.82, 2.24) is 5.32 Å². The molecule has 1 saturated carbocycles. The summed E-state index contributed by atoms with van der Waals surface area (Å²) in [7, 11) is 0. The Morgan fingerprint density at radius 2 is 2.11 bits per heavy atom. The van der Waals surface area contributed by atoms with Crippen molar-refractivity contribution in [2.24, 2.45) is 0 Å². The smallest absolute Gasteiger partial charge is 0.137 e. The van der Waals surface area contributed by atoms with Gasteiger partial charge in [0.2, 0.25) is 0 Å². The molecule has 0 heterocycles. The largest absolute Gasteiger partial charge is 0.313 e. The standard InChI is InChI=1S/C15H22FNS/c1-2-10-17-11-12-6-5-9-14(16)15(12)18-13-7-3-4-8-13/h5-6,9,13,17H,2-4,7-8,10-11H2,1H3. The molecule has 1 aromatic rings. The average molecular weight is 267 g/mol. The molecule has 1 N–H and O–H groups in total. The minimum Gasteiger partial charge on any atom is -0.313 e. The first-order valence-electron chi connectivity index (χ1n) is 6.96. The maximum absolute atomic E-state index is 14.0. The van der Waals surface area contributed by atoms with Gasteiger partial charge in [0.25, 0.3) is 0 Å². The summed E-state index contributed by atoms with van der Waals surface area (Å²) in [6, 6.07) is 5.45. The third kappa shape index (κ3) is 3.72. The van der Waals surface area contributed by atoms with E-state index in [4.69, 9.17) is 0 Å². The van der Waals surface area contributed by atoms with E-state index in [2.05, 4.69) is 12.2 Å². The molecule has 0 aromatic heterocycles. The van der Waals surface area contributed by atoms with Crippen LogP contribution in [0.5, 0.6) is 0 Å². The van der Waals surface area contributed by atoms with Crippen LogP contribution in [0, 0.1) is 5.82 Å². The van der Waals surface area contributed by atoms with Crippen molar-refractivity contribution in [2.75, 3.05) is 6.54 Å². The minimum absolute atomic E-state index is 0.0531. The van der Waals surface area contributed by atoms with Gasteiger partial charge in [0.05, 0.1) is 0 Å². The fourth-order valence-electron chi connectivity index (χ4n) is 2.40. The van der Waals surface area contributed by atoms with E-state index in [1.165, 1.54) is 25.7 Å². The highest BCUT2D eigenvalue weighted by atomic mass is 32.2. The lowest BCUT2D eigenvalue weighted by Crippen LogP contribution is -2.15. The second-order valence-corrected chi connectivity index (χ2v) is 6.24. The van der Waals surface area contributed by atoms with Crippen LogP contribution >= 0.6 is 11.8 Å². The van der Waals surface area contributed by atoms with E-state index in [0.717, 1.165) is 30.0 Å². The van der Waals surface area contributed by atoms with Crippen LogP contribution in [0.3, 0.4) is 0 Å². The van der Waals surface area contributed by atoms with E-state index in [1.54, 1.807) is 17.8 Å². The predicted molar refractivity (Wildman–Crippen MR) is 76.5 cm³/mol. The number of rotatable bonds is 6. The van der Waals surface area contributed by atoms with Crippen molar-refractivity contribution in [2.45, 2.75) is 55.7 Å². The maximum atomic E-state index is 14.0. The lowest BCUT2D eigenvalue weighted by molar-refractivity contribution is 0.588. The number of hydrogen-bond acceptors (Lipinski definition) is 2. The normalized spacial score (nSPS) is 16.3. The zero-order valence-corrected chi connectivity index (χ0v) is 11.9. The monoisotopic (exact) mass is 267 g/mol. The van der Waals surface area contributed by atoms with Gasteiger partial charge in [0.15, 0.2) is 0 Å². The molecule has 0 unspecified atom stereocenters. The van der Waals surface area contributed by atoms with Crippen molar-refractivity contribution in [1.29, 1.82) is 0 Å². The first kappa shape index (κ1) is 13.9. The van der Waals surface area contributed by atoms with Crippen LogP contribution in [0.25, 0.3) is 0 Å². The third-order valence-electron chi connectivity index (χ3n) is 3.38. The number of nitrogens with one attached hydrogen (secondary N) is 1. The zero-order chi connectivity index (χ0) is 12.8. The van der Waals surface area contributed by atoms with E-state index in [-0.39, 0.29) is 5.82 Å². The third-order valence-corrected chi connectivity index (χ3v) is 4.88. The molecule has 1 aliphatic carbocycles. The average Bonchev–Trinajstić information content (AvgIpc) is 2.86. The van der Waals surface area contributed by atoms with Crippen molar-refractivity contribution >= 4 is 11.8 Å². The molecule has 0 radical (unpaired) electrons. The van der Waals surface area contributed by atoms with Gasteiger partial charge in [-0.3, -0.25) is 0 Å². The highest BCUT2D eigenvalue weighted by Gasteiger charge is 2.19. The quantitative estimate of drug-likeness (QED) is 0.769. The highest BCUT2D eigenvalue weighted by molar-refractivity contribution is 8.00. The van der Waals surface area contributed by atoms with Crippen molar-refractivity contribution in [3.8, 4) is 0 Å². The number of halogens is 1. The van der Waals surface area contributed by atoms with Crippen LogP contribution in [-0.4, -0.2) is 11.8 Å². The summed E-state index contributed by atoms with van der Waals surface area (Å²) in [4.78, 5) is 0.869. The van der Waals surface area contributed by atoms with Crippen molar-refractivity contribution in [3.63, 3.8) is 0 Å². The topological polar surface area (TPSA) is 12.0 Å². The summed E-state index contributed by atoms with van der Waals surface area (Å²) in [6.07, 6.45) is 6.19. The SMILES string of the molecule is CCCNCc1cccc(F)c1SC1CCCC1. The van der Waals surface area contributed by atoms with Gasteiger partial charge >= 0.3 is 0 Å². The van der Waals surface area contributed by atoms with Gasteiger partial charge in [0.1, 0.15) is 5.82 Å². The van der Waals surface area contributed by atoms with Gasteiger partial charge < -0.3 is 5.32 Å². The van der Waals surface area contributed by atoms with Gasteiger partial charge in [0, 0.05) is 16.7 Å². The molecule has 18 heavy (non-hydrogen) atoms. The van der Waals surface area contributed by atoms with Crippen LogP contribution in [0.1, 0.15) is 44.6 Å². The number of benzene rings is 1. The Hall–Kier alpha value is -0.540. The molecule has 0 atom stereocenters. The number of hydrogen-bond donors (Lipinski definition) is 1. The van der Waals surface area contributed by atoms with E-state index in [0.29, 0.717) is 5.25 Å². The van der Waals surface area contributed by atoms with Crippen LogP contribution < -0.4 is 5.32 Å². The lowest BCUT2D eigenvalue weighted by atomic mass is 10.2. The van der Waals surface area contributed by atoms with Crippen LogP contribution in [-0.2, 0) is 6.54 Å². The Morgan fingerprint density at radius 1 is 1.33 bits per heavy atom. The molecule has 3 heteroatoms. The Bertz CT molecular complexity index is 375. The summed E-state index contributed by atoms with van der Waals surface area (Å²) >= 11 is 1.75. The van der Waals surface area contributed by atoms with Gasteiger partial charge in [-0.25, -0.2) is 4.39 Å². The molecule has 1 nitrogen and oxygen atoms in total. The molecular weight excluding hydrogens is 245 g/mol. The summed E-state index contributed by atoms with van der Waals surface area (Å²) in [5.74, 6) is -0.0531. The lowest BCUT2D eigenvalue weighted by Gasteiger charge is -2.14. The molecule has 1 aliphatic rings. The highest BCUT2D eigenvalue weighted by Crippen LogP contribution is 2.37. The van der Waals surface area contributed by atoms with E-state index in [1.807, 2.05) is 12.1 Å². The Kier molecular flexibility index (Phi) is 5.51. The molecular formula is C15H22FNS. The van der Waals surface area contributed by atoms with Crippen molar-refractivity contribution in [3.05, 3.63) is 29.6 Å². The maximum Gasteiger partial charge on any atom is 0.137 e. The summed E-state index contributed by atoms with van der Waals surface area (Å²) < 4.78 is 14.0. The molecule has 0 spiro atoms. The molecule has 1 fully saturated rings. The summed E-state index contributed by atoms with van der Waals surface area (Å²) in [5.41, 5.74) is 1.11. The molecule has 0 saturated heterocycles. The second-order valence-electron chi connectivity index (χ2n) is 4.93. The Morgan fingerprint density at radius 3 is 2.83 bits per heavy atom. The zero-order valence-electron chi connectivity index (χ0n) is 11.0. The molecule has 0 amide bonds. The van der Waals surface area contributed by atoms with Gasteiger partial charge in [-0.2, -0.15) is 0 Å². The van der Waals surface area contributed by atoms with Gasteiger partial charge in [-0.15, -0.1) is 11.8 Å². The molecule has 1 aromatic carbocycles. The summed E-state index contributed by atoms with van der Waals surface area (Å²) in [6.45, 7) is 3.91. The molecule has 0 bridgehead atoms. The van der Waals surface area contributed by atoms with E-state index in [9.17, 15) is 4.39 Å². The minimum atomic E-state index is -0.0531. The van der Waals surface area contributed by atoms with Gasteiger partial charge in [-0.05, 0) is 37.4 Å². The second kappa shape index (κ2) is 7.15. The van der Waals surface area contributed by atoms with E-state index < -0.39 is 0 Å². The summed E-state index contributed by atoms with van der Waals surface area (Å²) in [5, 5.41) is 3.98. The molecule has 0 aliphatic heterocycles. The van der Waals surface area contributed by atoms with Gasteiger partial charge in [-0.1, -0.05) is 31.9 Å². The van der Waals surface area contributed by atoms with Crippen LogP contribution in [0.4, 0.5) is 4.39 Å². The Labute approximate surface area is 114 Å². The first-order chi connectivity index (χ1) is 8.81. The van der Waals surface area contributed by atoms with E-state index >= 15 is 0 Å². The molecule has 2 rings (SSSR count). The Balaban J connectivity index is 2.05. The van der Waals surface area contributed by atoms with Crippen LogP contribution in [0.2, 0.25) is 0 Å². The number of thioether (sulfide) groups is 1. The first-order valence-corrected chi connectivity index (χ1v) is 7.84. The van der Waals surface area contributed by atoms with Crippen molar-refractivity contribution < 1.29 is 4.39 Å². The van der Waals surface area contributed by atoms with Crippen LogP contribution in [0.15, 0.2) is 23.1 Å². The molecule has 100 valence electrons. The fraction of sp³-hybridized carbons (Fsp3) is 0.600. The fourth-order valence-corrected chi connectivity index (χ4v) is 3.77. The predicted octanol–water partition coefficient (Wildman–Crippen LogP) is 4.36.